The Balaban J connectivity index is 3.44. The van der Waals surface area contributed by atoms with Gasteiger partial charge in [0.25, 0.3) is 0 Å². The molecule has 0 spiro atoms. The molecule has 0 saturated heterocycles. The highest BCUT2D eigenvalue weighted by Crippen LogP contribution is 2.09. The number of nitrogens with one attached hydrogen (secondary N) is 1. The molecule has 0 aliphatic heterocycles. The van der Waals surface area contributed by atoms with Crippen LogP contribution in [-0.2, 0) is 4.79 Å². The fraction of sp³-hybridized carbons (Fsp3) is 0.889. The van der Waals surface area contributed by atoms with Crippen LogP contribution in [0.3, 0.4) is 0 Å². The summed E-state index contributed by atoms with van der Waals surface area (Å²) < 4.78 is 0. The normalized spacial score (nSPS) is 13.2. The maximum absolute atomic E-state index is 10.8. The van der Waals surface area contributed by atoms with E-state index in [2.05, 4.69) is 19.2 Å². The average molecular weight is 204 g/mol. The smallest absolute Gasteiger partial charge is 0.235 e. The highest BCUT2D eigenvalue weighted by atomic mass is 32.2. The van der Waals surface area contributed by atoms with E-state index >= 15 is 0 Å². The zero-order valence-corrected chi connectivity index (χ0v) is 9.49. The molecule has 3 N–H and O–H groups in total. The van der Waals surface area contributed by atoms with Crippen molar-refractivity contribution in [3.05, 3.63) is 0 Å². The summed E-state index contributed by atoms with van der Waals surface area (Å²) in [5, 5.41) is 2.89. The number of carbonyl (C=O) groups is 1. The third-order valence-electron chi connectivity index (χ3n) is 1.82. The first-order chi connectivity index (χ1) is 6.07. The van der Waals surface area contributed by atoms with Crippen molar-refractivity contribution in [2.75, 3.05) is 18.6 Å². The average Bonchev–Trinajstić information content (AvgIpc) is 2.03. The van der Waals surface area contributed by atoms with Crippen molar-refractivity contribution in [1.29, 1.82) is 0 Å². The summed E-state index contributed by atoms with van der Waals surface area (Å²) in [4.78, 5) is 10.8. The Kier molecular flexibility index (Phi) is 7.09. The highest BCUT2D eigenvalue weighted by Gasteiger charge is 2.11. The SMILES string of the molecule is CNC(CSCCC(C)C)C(N)=O. The Labute approximate surface area is 84.8 Å². The number of carbonyl (C=O) groups excluding carboxylic acids is 1. The van der Waals surface area contributed by atoms with Crippen LogP contribution in [0.1, 0.15) is 20.3 Å². The summed E-state index contributed by atoms with van der Waals surface area (Å²) in [6.45, 7) is 4.40. The number of amides is 1. The molecule has 0 aliphatic rings. The predicted octanol–water partition coefficient (Wildman–Crippen LogP) is 0.839. The number of likely N-dealkylation sites (N-methyl/N-ethyl adjacent to an activating group) is 1. The number of nitrogens with two attached hydrogens (primary N) is 1. The van der Waals surface area contributed by atoms with Crippen LogP contribution in [0.25, 0.3) is 0 Å². The van der Waals surface area contributed by atoms with E-state index < -0.39 is 0 Å². The molecule has 0 aromatic heterocycles. The van der Waals surface area contributed by atoms with E-state index in [4.69, 9.17) is 5.73 Å². The van der Waals surface area contributed by atoms with Gasteiger partial charge in [-0.1, -0.05) is 13.8 Å². The lowest BCUT2D eigenvalue weighted by atomic mass is 10.2. The fourth-order valence-corrected chi connectivity index (χ4v) is 2.20. The van der Waals surface area contributed by atoms with Crippen molar-refractivity contribution < 1.29 is 4.79 Å². The summed E-state index contributed by atoms with van der Waals surface area (Å²) in [6.07, 6.45) is 1.19. The molecule has 3 nitrogen and oxygen atoms in total. The molecule has 0 fully saturated rings. The first kappa shape index (κ1) is 12.8. The highest BCUT2D eigenvalue weighted by molar-refractivity contribution is 7.99. The van der Waals surface area contributed by atoms with Crippen molar-refractivity contribution >= 4 is 17.7 Å². The van der Waals surface area contributed by atoms with E-state index in [1.165, 1.54) is 6.42 Å². The van der Waals surface area contributed by atoms with Gasteiger partial charge in [-0.25, -0.2) is 0 Å². The molecule has 0 radical (unpaired) electrons. The van der Waals surface area contributed by atoms with E-state index in [1.807, 2.05) is 0 Å². The number of hydrogen-bond donors (Lipinski definition) is 2. The molecule has 0 aromatic rings. The quantitative estimate of drug-likeness (QED) is 0.604. The monoisotopic (exact) mass is 204 g/mol. The molecule has 1 amide bonds. The maximum Gasteiger partial charge on any atom is 0.235 e. The van der Waals surface area contributed by atoms with Gasteiger partial charge in [-0.3, -0.25) is 4.79 Å². The second kappa shape index (κ2) is 7.21. The first-order valence-corrected chi connectivity index (χ1v) is 5.77. The lowest BCUT2D eigenvalue weighted by molar-refractivity contribution is -0.119. The number of rotatable bonds is 7. The third kappa shape index (κ3) is 6.90. The van der Waals surface area contributed by atoms with Crippen LogP contribution < -0.4 is 11.1 Å². The lowest BCUT2D eigenvalue weighted by Gasteiger charge is -2.11. The second-order valence-electron chi connectivity index (χ2n) is 3.50. The van der Waals surface area contributed by atoms with E-state index in [-0.39, 0.29) is 11.9 Å². The van der Waals surface area contributed by atoms with Crippen LogP contribution in [0.5, 0.6) is 0 Å². The summed E-state index contributed by atoms with van der Waals surface area (Å²) in [6, 6.07) is -0.183. The van der Waals surface area contributed by atoms with Crippen LogP contribution in [-0.4, -0.2) is 30.5 Å². The zero-order valence-electron chi connectivity index (χ0n) is 8.67. The minimum Gasteiger partial charge on any atom is -0.368 e. The molecule has 0 aliphatic carbocycles. The van der Waals surface area contributed by atoms with Crippen molar-refractivity contribution in [2.45, 2.75) is 26.3 Å². The van der Waals surface area contributed by atoms with Gasteiger partial charge in [0.05, 0.1) is 6.04 Å². The summed E-state index contributed by atoms with van der Waals surface area (Å²) in [5.41, 5.74) is 5.17. The third-order valence-corrected chi connectivity index (χ3v) is 2.91. The minimum atomic E-state index is -0.264. The molecule has 1 unspecified atom stereocenters. The summed E-state index contributed by atoms with van der Waals surface area (Å²) in [7, 11) is 1.76. The minimum absolute atomic E-state index is 0.183. The maximum atomic E-state index is 10.8. The van der Waals surface area contributed by atoms with E-state index in [0.29, 0.717) is 0 Å². The molecule has 1 atom stereocenters. The Morgan fingerprint density at radius 1 is 1.54 bits per heavy atom. The molecule has 13 heavy (non-hydrogen) atoms. The van der Waals surface area contributed by atoms with Gasteiger partial charge in [-0.05, 0) is 25.1 Å². The predicted molar refractivity (Wildman–Crippen MR) is 58.8 cm³/mol. The molecule has 0 rings (SSSR count). The Morgan fingerprint density at radius 3 is 2.54 bits per heavy atom. The molecule has 4 heteroatoms. The second-order valence-corrected chi connectivity index (χ2v) is 4.65. The number of thioether (sulfide) groups is 1. The van der Waals surface area contributed by atoms with Crippen LogP contribution >= 0.6 is 11.8 Å². The van der Waals surface area contributed by atoms with Gasteiger partial charge in [-0.2, -0.15) is 11.8 Å². The topological polar surface area (TPSA) is 55.1 Å². The largest absolute Gasteiger partial charge is 0.368 e. The van der Waals surface area contributed by atoms with Crippen molar-refractivity contribution in [1.82, 2.24) is 5.32 Å². The Morgan fingerprint density at radius 2 is 2.15 bits per heavy atom. The van der Waals surface area contributed by atoms with Crippen LogP contribution in [0.2, 0.25) is 0 Å². The van der Waals surface area contributed by atoms with E-state index in [9.17, 15) is 4.79 Å². The van der Waals surface area contributed by atoms with Gasteiger partial charge >= 0.3 is 0 Å². The van der Waals surface area contributed by atoms with Gasteiger partial charge in [0.1, 0.15) is 0 Å². The van der Waals surface area contributed by atoms with Gasteiger partial charge in [0.2, 0.25) is 5.91 Å². The zero-order chi connectivity index (χ0) is 10.3. The van der Waals surface area contributed by atoms with Crippen molar-refractivity contribution in [3.8, 4) is 0 Å². The van der Waals surface area contributed by atoms with Crippen LogP contribution in [0.15, 0.2) is 0 Å². The molecular weight excluding hydrogens is 184 g/mol. The van der Waals surface area contributed by atoms with Gasteiger partial charge in [0, 0.05) is 5.75 Å². The van der Waals surface area contributed by atoms with Gasteiger partial charge in [0.15, 0.2) is 0 Å². The van der Waals surface area contributed by atoms with Crippen LogP contribution in [0, 0.1) is 5.92 Å². The van der Waals surface area contributed by atoms with Crippen molar-refractivity contribution in [2.24, 2.45) is 11.7 Å². The van der Waals surface area contributed by atoms with Crippen molar-refractivity contribution in [3.63, 3.8) is 0 Å². The molecule has 78 valence electrons. The molecule has 0 aromatic carbocycles. The standard InChI is InChI=1S/C9H20N2OS/c1-7(2)4-5-13-6-8(11-3)9(10)12/h7-8,11H,4-6H2,1-3H3,(H2,10,12). The fourth-order valence-electron chi connectivity index (χ4n) is 0.828. The lowest BCUT2D eigenvalue weighted by Crippen LogP contribution is -2.41. The van der Waals surface area contributed by atoms with Crippen LogP contribution in [0.4, 0.5) is 0 Å². The molecule has 0 bridgehead atoms. The summed E-state index contributed by atoms with van der Waals surface area (Å²) in [5.74, 6) is 2.34. The Bertz CT molecular complexity index is 151. The molecular formula is C9H20N2OS. The number of primary amides is 1. The van der Waals surface area contributed by atoms with E-state index in [1.54, 1.807) is 18.8 Å². The van der Waals surface area contributed by atoms with Gasteiger partial charge < -0.3 is 11.1 Å². The molecule has 0 saturated carbocycles. The first-order valence-electron chi connectivity index (χ1n) is 4.62. The summed E-state index contributed by atoms with van der Waals surface area (Å²) >= 11 is 1.78. The van der Waals surface area contributed by atoms with Gasteiger partial charge in [-0.15, -0.1) is 0 Å². The molecule has 0 heterocycles. The van der Waals surface area contributed by atoms with E-state index in [0.717, 1.165) is 17.4 Å². The Hall–Kier alpha value is -0.220. The number of hydrogen-bond acceptors (Lipinski definition) is 3.